The van der Waals surface area contributed by atoms with Crippen molar-refractivity contribution in [3.63, 3.8) is 0 Å². The number of halogens is 1. The van der Waals surface area contributed by atoms with Crippen LogP contribution in [0.2, 0.25) is 5.15 Å². The normalized spacial score (nSPS) is 15.7. The maximum absolute atomic E-state index is 11.3. The van der Waals surface area contributed by atoms with Crippen LogP contribution >= 0.6 is 11.6 Å². The fourth-order valence-electron chi connectivity index (χ4n) is 1.40. The monoisotopic (exact) mass is 224 g/mol. The molecule has 1 amide bonds. The van der Waals surface area contributed by atoms with E-state index >= 15 is 0 Å². The lowest BCUT2D eigenvalue weighted by atomic mass is 10.3. The average Bonchev–Trinajstić information content (AvgIpc) is 2.45. The van der Waals surface area contributed by atoms with Crippen LogP contribution in [-0.2, 0) is 11.3 Å². The fraction of sp³-hybridized carbons (Fsp3) is 0.200. The molecular weight excluding hydrogens is 216 g/mol. The Kier molecular flexibility index (Phi) is 2.60. The number of carbonyl (C=O) groups is 1. The number of hydrogen-bond acceptors (Lipinski definition) is 3. The molecule has 1 aliphatic rings. The molecule has 1 N–H and O–H groups in total. The van der Waals surface area contributed by atoms with Gasteiger partial charge in [0.05, 0.1) is 18.7 Å². The van der Waals surface area contributed by atoms with Crippen molar-refractivity contribution in [1.29, 1.82) is 0 Å². The van der Waals surface area contributed by atoms with Crippen molar-refractivity contribution in [3.8, 4) is 0 Å². The van der Waals surface area contributed by atoms with Crippen LogP contribution in [0.25, 0.3) is 0 Å². The maximum Gasteiger partial charge on any atom is 0.234 e. The van der Waals surface area contributed by atoms with Gasteiger partial charge in [-0.2, -0.15) is 0 Å². The average molecular weight is 225 g/mol. The lowest BCUT2D eigenvalue weighted by molar-refractivity contribution is -0.127. The fourth-order valence-corrected chi connectivity index (χ4v) is 1.58. The van der Waals surface area contributed by atoms with Gasteiger partial charge in [0.15, 0.2) is 0 Å². The summed E-state index contributed by atoms with van der Waals surface area (Å²) in [6.45, 7) is 0.337. The molecule has 2 rings (SSSR count). The molecule has 15 heavy (non-hydrogen) atoms. The molecule has 0 bridgehead atoms. The summed E-state index contributed by atoms with van der Waals surface area (Å²) in [7, 11) is 0. The smallest absolute Gasteiger partial charge is 0.234 e. The van der Waals surface area contributed by atoms with Gasteiger partial charge in [0, 0.05) is 6.20 Å². The number of aliphatic hydroxyl groups excluding tert-OH is 1. The lowest BCUT2D eigenvalue weighted by Gasteiger charge is -2.11. The second-order valence-electron chi connectivity index (χ2n) is 3.27. The van der Waals surface area contributed by atoms with Crippen LogP contribution in [0.3, 0.4) is 0 Å². The third-order valence-corrected chi connectivity index (χ3v) is 2.27. The van der Waals surface area contributed by atoms with E-state index in [9.17, 15) is 4.79 Å². The van der Waals surface area contributed by atoms with E-state index in [-0.39, 0.29) is 18.1 Å². The highest BCUT2D eigenvalue weighted by Crippen LogP contribution is 2.16. The molecule has 1 aromatic heterocycles. The Balaban J connectivity index is 2.12. The molecule has 0 atom stereocenters. The number of hydrogen-bond donors (Lipinski definition) is 1. The van der Waals surface area contributed by atoms with Crippen molar-refractivity contribution >= 4 is 17.5 Å². The highest BCUT2D eigenvalue weighted by Gasteiger charge is 2.21. The molecule has 0 aromatic carbocycles. The first kappa shape index (κ1) is 9.98. The number of pyridine rings is 1. The number of aromatic nitrogens is 1. The van der Waals surface area contributed by atoms with Crippen LogP contribution in [0.15, 0.2) is 30.2 Å². The van der Waals surface area contributed by atoms with Crippen LogP contribution in [0.5, 0.6) is 0 Å². The third kappa shape index (κ3) is 2.27. The van der Waals surface area contributed by atoms with Gasteiger partial charge >= 0.3 is 0 Å². The molecular formula is C10H9ClN2O2. The number of rotatable bonds is 2. The van der Waals surface area contributed by atoms with Gasteiger partial charge in [0.2, 0.25) is 5.91 Å². The largest absolute Gasteiger partial charge is 0.510 e. The topological polar surface area (TPSA) is 53.4 Å². The van der Waals surface area contributed by atoms with Crippen molar-refractivity contribution in [3.05, 3.63) is 41.0 Å². The minimum absolute atomic E-state index is 0.0700. The standard InChI is InChI=1S/C10H9ClN2O2/c11-9-3-1-2-7(12-9)5-13-6-8(14)4-10(13)15/h1-3,6,14H,4-5H2. The molecule has 0 radical (unpaired) electrons. The summed E-state index contributed by atoms with van der Waals surface area (Å²) in [5.41, 5.74) is 0.696. The van der Waals surface area contributed by atoms with Crippen molar-refractivity contribution in [1.82, 2.24) is 9.88 Å². The van der Waals surface area contributed by atoms with Gasteiger partial charge in [0.25, 0.3) is 0 Å². The van der Waals surface area contributed by atoms with Gasteiger partial charge in [-0.15, -0.1) is 0 Å². The van der Waals surface area contributed by atoms with Gasteiger partial charge in [-0.25, -0.2) is 4.98 Å². The molecule has 0 saturated heterocycles. The van der Waals surface area contributed by atoms with E-state index in [4.69, 9.17) is 16.7 Å². The van der Waals surface area contributed by atoms with Crippen molar-refractivity contribution in [2.24, 2.45) is 0 Å². The van der Waals surface area contributed by atoms with Crippen LogP contribution in [-0.4, -0.2) is 20.9 Å². The van der Waals surface area contributed by atoms with E-state index in [0.29, 0.717) is 17.4 Å². The van der Waals surface area contributed by atoms with Gasteiger partial charge in [0.1, 0.15) is 10.9 Å². The van der Waals surface area contributed by atoms with Gasteiger partial charge in [-0.05, 0) is 12.1 Å². The summed E-state index contributed by atoms with van der Waals surface area (Å²) in [4.78, 5) is 16.8. The minimum Gasteiger partial charge on any atom is -0.510 e. The van der Waals surface area contributed by atoms with Crippen LogP contribution < -0.4 is 0 Å². The summed E-state index contributed by atoms with van der Waals surface area (Å²) in [5.74, 6) is -0.0451. The Morgan fingerprint density at radius 2 is 2.33 bits per heavy atom. The molecule has 0 aliphatic carbocycles. The van der Waals surface area contributed by atoms with Crippen LogP contribution in [0.1, 0.15) is 12.1 Å². The summed E-state index contributed by atoms with van der Waals surface area (Å²) < 4.78 is 0. The summed E-state index contributed by atoms with van der Waals surface area (Å²) >= 11 is 5.72. The predicted molar refractivity (Wildman–Crippen MR) is 55.1 cm³/mol. The molecule has 78 valence electrons. The predicted octanol–water partition coefficient (Wildman–Crippen LogP) is 1.87. The summed E-state index contributed by atoms with van der Waals surface area (Å²) in [6, 6.07) is 5.22. The molecule has 0 unspecified atom stereocenters. The Labute approximate surface area is 91.8 Å². The highest BCUT2D eigenvalue weighted by molar-refractivity contribution is 6.29. The minimum atomic E-state index is -0.130. The quantitative estimate of drug-likeness (QED) is 0.781. The van der Waals surface area contributed by atoms with Crippen LogP contribution in [0, 0.1) is 0 Å². The molecule has 0 spiro atoms. The molecule has 1 aliphatic heterocycles. The van der Waals surface area contributed by atoms with E-state index < -0.39 is 0 Å². The zero-order valence-electron chi connectivity index (χ0n) is 7.85. The Morgan fingerprint density at radius 3 is 2.93 bits per heavy atom. The molecule has 5 heteroatoms. The van der Waals surface area contributed by atoms with E-state index in [1.165, 1.54) is 11.1 Å². The Bertz CT molecular complexity index is 431. The summed E-state index contributed by atoms with van der Waals surface area (Å²) in [5, 5.41) is 9.55. The van der Waals surface area contributed by atoms with Crippen molar-refractivity contribution < 1.29 is 9.90 Å². The molecule has 2 heterocycles. The van der Waals surface area contributed by atoms with E-state index in [0.717, 1.165) is 0 Å². The van der Waals surface area contributed by atoms with Gasteiger partial charge in [-0.1, -0.05) is 17.7 Å². The maximum atomic E-state index is 11.3. The second kappa shape index (κ2) is 3.90. The molecule has 0 fully saturated rings. The van der Waals surface area contributed by atoms with E-state index in [1.807, 2.05) is 0 Å². The summed E-state index contributed by atoms with van der Waals surface area (Å²) in [6.07, 6.45) is 1.49. The zero-order valence-corrected chi connectivity index (χ0v) is 8.61. The SMILES string of the molecule is O=C1CC(O)=CN1Cc1cccc(Cl)n1. The lowest BCUT2D eigenvalue weighted by Crippen LogP contribution is -2.20. The molecule has 1 aromatic rings. The second-order valence-corrected chi connectivity index (χ2v) is 3.66. The van der Waals surface area contributed by atoms with Crippen LogP contribution in [0.4, 0.5) is 0 Å². The number of carbonyl (C=O) groups excluding carboxylic acids is 1. The number of amides is 1. The third-order valence-electron chi connectivity index (χ3n) is 2.06. The first-order chi connectivity index (χ1) is 7.15. The van der Waals surface area contributed by atoms with E-state index in [1.54, 1.807) is 18.2 Å². The number of nitrogens with zero attached hydrogens (tertiary/aromatic N) is 2. The van der Waals surface area contributed by atoms with Crippen molar-refractivity contribution in [2.45, 2.75) is 13.0 Å². The van der Waals surface area contributed by atoms with Gasteiger partial charge < -0.3 is 10.0 Å². The Morgan fingerprint density at radius 1 is 1.53 bits per heavy atom. The first-order valence-corrected chi connectivity index (χ1v) is 4.83. The van der Waals surface area contributed by atoms with E-state index in [2.05, 4.69) is 4.98 Å². The van der Waals surface area contributed by atoms with Gasteiger partial charge in [-0.3, -0.25) is 4.79 Å². The highest BCUT2D eigenvalue weighted by atomic mass is 35.5. The zero-order chi connectivity index (χ0) is 10.8. The Hall–Kier alpha value is -1.55. The molecule has 0 saturated carbocycles. The molecule has 4 nitrogen and oxygen atoms in total. The first-order valence-electron chi connectivity index (χ1n) is 4.46. The number of aliphatic hydroxyl groups is 1. The van der Waals surface area contributed by atoms with Crippen molar-refractivity contribution in [2.75, 3.05) is 0 Å².